The molecule has 0 radical (unpaired) electrons. The van der Waals surface area contributed by atoms with E-state index in [9.17, 15) is 9.90 Å². The summed E-state index contributed by atoms with van der Waals surface area (Å²) in [5, 5.41) is 20.0. The normalized spacial score (nSPS) is 10.7. The Bertz CT molecular complexity index is 655. The highest BCUT2D eigenvalue weighted by atomic mass is 16.3. The van der Waals surface area contributed by atoms with Crippen LogP contribution in [-0.2, 0) is 4.79 Å². The van der Waals surface area contributed by atoms with Gasteiger partial charge in [-0.05, 0) is 12.1 Å². The third-order valence-electron chi connectivity index (χ3n) is 2.33. The second kappa shape index (κ2) is 5.79. The molecule has 0 aliphatic rings. The number of aromatic hydroxyl groups is 1. The second-order valence-electron chi connectivity index (χ2n) is 3.98. The fourth-order valence-electron chi connectivity index (χ4n) is 1.45. The molecular formula is C13H13N5O2. The molecule has 0 fully saturated rings. The Balaban J connectivity index is 2.27. The Hall–Kier alpha value is -2.96. The fraction of sp³-hybridized carbons (Fsp3) is 0.0769. The number of benzene rings is 1. The molecule has 0 aliphatic carbocycles. The van der Waals surface area contributed by atoms with Crippen LogP contribution < -0.4 is 11.1 Å². The van der Waals surface area contributed by atoms with Crippen LogP contribution >= 0.6 is 0 Å². The highest BCUT2D eigenvalue weighted by Gasteiger charge is 2.10. The molecule has 0 spiro atoms. The van der Waals surface area contributed by atoms with E-state index in [0.29, 0.717) is 5.69 Å². The van der Waals surface area contributed by atoms with Gasteiger partial charge in [-0.3, -0.25) is 4.79 Å². The minimum absolute atomic E-state index is 0.00587. The third-order valence-corrected chi connectivity index (χ3v) is 2.33. The van der Waals surface area contributed by atoms with Gasteiger partial charge >= 0.3 is 0 Å². The lowest BCUT2D eigenvalue weighted by molar-refractivity contribution is -0.114. The lowest BCUT2D eigenvalue weighted by Gasteiger charge is -2.06. The molecule has 2 rings (SSSR count). The van der Waals surface area contributed by atoms with Crippen LogP contribution in [0.25, 0.3) is 0 Å². The van der Waals surface area contributed by atoms with Crippen molar-refractivity contribution in [3.8, 4) is 5.75 Å². The number of carbonyl (C=O) groups excluding carboxylic acids is 1. The van der Waals surface area contributed by atoms with Crippen LogP contribution in [-0.4, -0.2) is 16.0 Å². The average molecular weight is 271 g/mol. The molecular weight excluding hydrogens is 258 g/mol. The summed E-state index contributed by atoms with van der Waals surface area (Å²) in [5.41, 5.74) is 6.58. The summed E-state index contributed by atoms with van der Waals surface area (Å²) < 4.78 is 0. The van der Waals surface area contributed by atoms with Gasteiger partial charge in [0.2, 0.25) is 5.91 Å². The number of nitrogen functional groups attached to an aromatic ring is 1. The van der Waals surface area contributed by atoms with Gasteiger partial charge in [0.05, 0.1) is 5.69 Å². The number of amides is 1. The van der Waals surface area contributed by atoms with Crippen LogP contribution in [0, 0.1) is 0 Å². The number of carbonyl (C=O) groups is 1. The van der Waals surface area contributed by atoms with Crippen molar-refractivity contribution in [2.75, 3.05) is 11.1 Å². The standard InChI is InChI=1S/C13H13N5O2/c1-8(19)15-13-11(20)7-10(12(14)16-13)18-17-9-5-3-2-4-6-9/h2-7,20H,1H3,(H3,14,15,16,19). The molecule has 2 aromatic rings. The monoisotopic (exact) mass is 271 g/mol. The molecule has 1 amide bonds. The lowest BCUT2D eigenvalue weighted by Crippen LogP contribution is -2.08. The highest BCUT2D eigenvalue weighted by molar-refractivity contribution is 5.89. The zero-order valence-corrected chi connectivity index (χ0v) is 10.7. The summed E-state index contributed by atoms with van der Waals surface area (Å²) in [4.78, 5) is 14.8. The van der Waals surface area contributed by atoms with Crippen LogP contribution in [0.15, 0.2) is 46.6 Å². The van der Waals surface area contributed by atoms with Gasteiger partial charge in [-0.2, -0.15) is 5.11 Å². The summed E-state index contributed by atoms with van der Waals surface area (Å²) in [6.07, 6.45) is 0. The maximum atomic E-state index is 10.9. The molecule has 0 aliphatic heterocycles. The van der Waals surface area contributed by atoms with Crippen LogP contribution in [0.5, 0.6) is 5.75 Å². The molecule has 1 aromatic carbocycles. The van der Waals surface area contributed by atoms with E-state index in [4.69, 9.17) is 5.73 Å². The van der Waals surface area contributed by atoms with Gasteiger partial charge in [0, 0.05) is 13.0 Å². The molecule has 0 atom stereocenters. The van der Waals surface area contributed by atoms with Gasteiger partial charge in [-0.1, -0.05) is 18.2 Å². The van der Waals surface area contributed by atoms with Crippen LogP contribution in [0.3, 0.4) is 0 Å². The van der Waals surface area contributed by atoms with E-state index in [-0.39, 0.29) is 29.0 Å². The SMILES string of the molecule is CC(=O)Nc1nc(N)c(N=Nc2ccccc2)cc1O. The van der Waals surface area contributed by atoms with E-state index >= 15 is 0 Å². The zero-order valence-electron chi connectivity index (χ0n) is 10.7. The molecule has 4 N–H and O–H groups in total. The number of azo groups is 1. The fourth-order valence-corrected chi connectivity index (χ4v) is 1.45. The summed E-state index contributed by atoms with van der Waals surface area (Å²) in [7, 11) is 0. The van der Waals surface area contributed by atoms with Crippen molar-refractivity contribution < 1.29 is 9.90 Å². The first-order chi connectivity index (χ1) is 9.56. The molecule has 7 heteroatoms. The van der Waals surface area contributed by atoms with Crippen LogP contribution in [0.1, 0.15) is 6.92 Å². The van der Waals surface area contributed by atoms with Gasteiger partial charge in [0.15, 0.2) is 17.4 Å². The van der Waals surface area contributed by atoms with Gasteiger partial charge in [-0.25, -0.2) is 4.98 Å². The number of nitrogens with zero attached hydrogens (tertiary/aromatic N) is 3. The lowest BCUT2D eigenvalue weighted by atomic mass is 10.3. The summed E-state index contributed by atoms with van der Waals surface area (Å²) in [6, 6.07) is 10.4. The van der Waals surface area contributed by atoms with Gasteiger partial charge < -0.3 is 16.2 Å². The molecule has 102 valence electrons. The van der Waals surface area contributed by atoms with Crippen molar-refractivity contribution in [2.24, 2.45) is 10.2 Å². The number of hydrogen-bond acceptors (Lipinski definition) is 6. The molecule has 0 saturated carbocycles. The third kappa shape index (κ3) is 3.29. The number of pyridine rings is 1. The summed E-state index contributed by atoms with van der Waals surface area (Å²) in [6.45, 7) is 1.31. The van der Waals surface area contributed by atoms with Gasteiger partial charge in [0.25, 0.3) is 0 Å². The number of anilines is 2. The topological polar surface area (TPSA) is 113 Å². The van der Waals surface area contributed by atoms with Crippen LogP contribution in [0.2, 0.25) is 0 Å². The molecule has 0 saturated heterocycles. The van der Waals surface area contributed by atoms with Crippen molar-refractivity contribution in [1.29, 1.82) is 0 Å². The predicted molar refractivity (Wildman–Crippen MR) is 75.2 cm³/mol. The first kappa shape index (κ1) is 13.5. The minimum atomic E-state index is -0.356. The Morgan fingerprint density at radius 1 is 1.30 bits per heavy atom. The molecule has 1 aromatic heterocycles. The summed E-state index contributed by atoms with van der Waals surface area (Å²) in [5.74, 6) is -0.526. The Kier molecular flexibility index (Phi) is 3.90. The number of nitrogens with one attached hydrogen (secondary N) is 1. The van der Waals surface area contributed by atoms with Crippen molar-refractivity contribution in [3.05, 3.63) is 36.4 Å². The quantitative estimate of drug-likeness (QED) is 0.745. The Labute approximate surface area is 115 Å². The number of hydrogen-bond donors (Lipinski definition) is 3. The van der Waals surface area contributed by atoms with Crippen molar-refractivity contribution in [3.63, 3.8) is 0 Å². The molecule has 0 unspecified atom stereocenters. The van der Waals surface area contributed by atoms with Crippen molar-refractivity contribution >= 4 is 28.9 Å². The number of nitrogens with two attached hydrogens (primary N) is 1. The zero-order chi connectivity index (χ0) is 14.5. The molecule has 0 bridgehead atoms. The maximum absolute atomic E-state index is 10.9. The van der Waals surface area contributed by atoms with E-state index in [1.54, 1.807) is 12.1 Å². The largest absolute Gasteiger partial charge is 0.504 e. The van der Waals surface area contributed by atoms with Crippen molar-refractivity contribution in [2.45, 2.75) is 6.92 Å². The number of rotatable bonds is 3. The smallest absolute Gasteiger partial charge is 0.222 e. The van der Waals surface area contributed by atoms with Crippen molar-refractivity contribution in [1.82, 2.24) is 4.98 Å². The van der Waals surface area contributed by atoms with Gasteiger partial charge in [-0.15, -0.1) is 5.11 Å². The summed E-state index contributed by atoms with van der Waals surface area (Å²) >= 11 is 0. The van der Waals surface area contributed by atoms with E-state index in [0.717, 1.165) is 0 Å². The maximum Gasteiger partial charge on any atom is 0.222 e. The van der Waals surface area contributed by atoms with E-state index < -0.39 is 0 Å². The Morgan fingerprint density at radius 2 is 2.00 bits per heavy atom. The van der Waals surface area contributed by atoms with Gasteiger partial charge in [0.1, 0.15) is 5.69 Å². The van der Waals surface area contributed by atoms with E-state index in [1.165, 1.54) is 13.0 Å². The first-order valence-electron chi connectivity index (χ1n) is 5.80. The van der Waals surface area contributed by atoms with Crippen LogP contribution in [0.4, 0.5) is 23.0 Å². The Morgan fingerprint density at radius 3 is 2.65 bits per heavy atom. The minimum Gasteiger partial charge on any atom is -0.504 e. The van der Waals surface area contributed by atoms with E-state index in [2.05, 4.69) is 20.5 Å². The molecule has 20 heavy (non-hydrogen) atoms. The first-order valence-corrected chi connectivity index (χ1v) is 5.80. The molecule has 7 nitrogen and oxygen atoms in total. The molecule has 1 heterocycles. The van der Waals surface area contributed by atoms with E-state index in [1.807, 2.05) is 18.2 Å². The number of aromatic nitrogens is 1. The highest BCUT2D eigenvalue weighted by Crippen LogP contribution is 2.31. The predicted octanol–water partition coefficient (Wildman–Crippen LogP) is 2.74. The average Bonchev–Trinajstić information content (AvgIpc) is 2.41. The second-order valence-corrected chi connectivity index (χ2v) is 3.98.